The van der Waals surface area contributed by atoms with Gasteiger partial charge < -0.3 is 5.73 Å². The van der Waals surface area contributed by atoms with Gasteiger partial charge in [0.2, 0.25) is 10.0 Å². The SMILES string of the molecule is NC(CNS(=O)(=O)c1ccc(Cl)s1)c1ccccc1. The molecule has 0 saturated heterocycles. The van der Waals surface area contributed by atoms with E-state index in [0.29, 0.717) is 4.34 Å². The van der Waals surface area contributed by atoms with E-state index in [0.717, 1.165) is 16.9 Å². The van der Waals surface area contributed by atoms with Gasteiger partial charge in [-0.25, -0.2) is 13.1 Å². The number of sulfonamides is 1. The molecule has 0 bridgehead atoms. The summed E-state index contributed by atoms with van der Waals surface area (Å²) in [5, 5.41) is 0. The summed E-state index contributed by atoms with van der Waals surface area (Å²) in [5.41, 5.74) is 6.82. The van der Waals surface area contributed by atoms with Crippen LogP contribution in [0.4, 0.5) is 0 Å². The van der Waals surface area contributed by atoms with Crippen LogP contribution in [0.3, 0.4) is 0 Å². The first-order valence-electron chi connectivity index (χ1n) is 5.54. The molecule has 2 rings (SSSR count). The number of halogens is 1. The number of thiophene rings is 1. The van der Waals surface area contributed by atoms with Gasteiger partial charge in [-0.3, -0.25) is 0 Å². The van der Waals surface area contributed by atoms with Gasteiger partial charge in [0.15, 0.2) is 0 Å². The number of nitrogens with two attached hydrogens (primary N) is 1. The Hall–Kier alpha value is -0.920. The van der Waals surface area contributed by atoms with Gasteiger partial charge in [0.1, 0.15) is 4.21 Å². The molecule has 0 saturated carbocycles. The van der Waals surface area contributed by atoms with Crippen molar-refractivity contribution in [3.63, 3.8) is 0 Å². The van der Waals surface area contributed by atoms with Crippen LogP contribution >= 0.6 is 22.9 Å². The molecule has 102 valence electrons. The maximum atomic E-state index is 12.0. The lowest BCUT2D eigenvalue weighted by Gasteiger charge is -2.12. The molecule has 3 N–H and O–H groups in total. The Morgan fingerprint density at radius 3 is 2.47 bits per heavy atom. The van der Waals surface area contributed by atoms with Crippen molar-refractivity contribution in [3.05, 3.63) is 52.4 Å². The molecule has 19 heavy (non-hydrogen) atoms. The van der Waals surface area contributed by atoms with Gasteiger partial charge in [-0.2, -0.15) is 0 Å². The molecule has 7 heteroatoms. The van der Waals surface area contributed by atoms with Crippen molar-refractivity contribution in [2.45, 2.75) is 10.3 Å². The molecule has 1 aromatic heterocycles. The Morgan fingerprint density at radius 1 is 1.21 bits per heavy atom. The first-order chi connectivity index (χ1) is 8.99. The molecule has 0 amide bonds. The van der Waals surface area contributed by atoms with E-state index in [1.54, 1.807) is 6.07 Å². The topological polar surface area (TPSA) is 72.2 Å². The third-order valence-electron chi connectivity index (χ3n) is 2.53. The molecule has 0 spiro atoms. The predicted molar refractivity (Wildman–Crippen MR) is 77.9 cm³/mol. The summed E-state index contributed by atoms with van der Waals surface area (Å²) in [7, 11) is -3.54. The number of hydrogen-bond donors (Lipinski definition) is 2. The second-order valence-electron chi connectivity index (χ2n) is 3.93. The maximum Gasteiger partial charge on any atom is 0.250 e. The zero-order valence-electron chi connectivity index (χ0n) is 9.91. The van der Waals surface area contributed by atoms with Gasteiger partial charge in [0.25, 0.3) is 0 Å². The highest BCUT2D eigenvalue weighted by Crippen LogP contribution is 2.25. The average molecular weight is 317 g/mol. The summed E-state index contributed by atoms with van der Waals surface area (Å²) >= 11 is 6.74. The minimum absolute atomic E-state index is 0.141. The lowest BCUT2D eigenvalue weighted by atomic mass is 10.1. The maximum absolute atomic E-state index is 12.0. The Kier molecular flexibility index (Phi) is 4.59. The third-order valence-corrected chi connectivity index (χ3v) is 5.68. The van der Waals surface area contributed by atoms with Gasteiger partial charge in [-0.05, 0) is 17.7 Å². The second-order valence-corrected chi connectivity index (χ2v) is 7.64. The molecule has 2 aromatic rings. The highest BCUT2D eigenvalue weighted by Gasteiger charge is 2.17. The molecular weight excluding hydrogens is 304 g/mol. The van der Waals surface area contributed by atoms with Crippen LogP contribution in [-0.4, -0.2) is 15.0 Å². The quantitative estimate of drug-likeness (QED) is 0.889. The zero-order chi connectivity index (χ0) is 13.9. The smallest absolute Gasteiger partial charge is 0.250 e. The molecule has 0 aliphatic rings. The van der Waals surface area contributed by atoms with Gasteiger partial charge >= 0.3 is 0 Å². The standard InChI is InChI=1S/C12H13ClN2O2S2/c13-11-6-7-12(18-11)19(16,17)15-8-10(14)9-4-2-1-3-5-9/h1-7,10,15H,8,14H2. The Labute approximate surface area is 121 Å². The fourth-order valence-corrected chi connectivity index (χ4v) is 4.12. The number of hydrogen-bond acceptors (Lipinski definition) is 4. The Morgan fingerprint density at radius 2 is 1.89 bits per heavy atom. The van der Waals surface area contributed by atoms with E-state index in [-0.39, 0.29) is 16.8 Å². The van der Waals surface area contributed by atoms with E-state index in [1.807, 2.05) is 30.3 Å². The van der Waals surface area contributed by atoms with Crippen LogP contribution in [0.5, 0.6) is 0 Å². The van der Waals surface area contributed by atoms with E-state index < -0.39 is 10.0 Å². The first kappa shape index (κ1) is 14.5. The minimum Gasteiger partial charge on any atom is -0.323 e. The fraction of sp³-hybridized carbons (Fsp3) is 0.167. The molecule has 1 atom stereocenters. The van der Waals surface area contributed by atoms with Gasteiger partial charge in [0, 0.05) is 12.6 Å². The summed E-state index contributed by atoms with van der Waals surface area (Å²) in [6.07, 6.45) is 0. The molecule has 1 aromatic carbocycles. The summed E-state index contributed by atoms with van der Waals surface area (Å²) < 4.78 is 27.0. The first-order valence-corrected chi connectivity index (χ1v) is 8.22. The van der Waals surface area contributed by atoms with Crippen LogP contribution in [0.15, 0.2) is 46.7 Å². The van der Waals surface area contributed by atoms with Crippen molar-refractivity contribution in [1.29, 1.82) is 0 Å². The monoisotopic (exact) mass is 316 g/mol. The van der Waals surface area contributed by atoms with Crippen LogP contribution in [0.25, 0.3) is 0 Å². The van der Waals surface area contributed by atoms with Crippen LogP contribution in [0.1, 0.15) is 11.6 Å². The average Bonchev–Trinajstić information content (AvgIpc) is 2.85. The van der Waals surface area contributed by atoms with E-state index >= 15 is 0 Å². The Bertz CT molecular complexity index is 641. The summed E-state index contributed by atoms with van der Waals surface area (Å²) in [6, 6.07) is 12.0. The third kappa shape index (κ3) is 3.77. The van der Waals surface area contributed by atoms with E-state index in [1.165, 1.54) is 6.07 Å². The van der Waals surface area contributed by atoms with Crippen LogP contribution in [-0.2, 0) is 10.0 Å². The van der Waals surface area contributed by atoms with Crippen molar-refractivity contribution in [1.82, 2.24) is 4.72 Å². The highest BCUT2D eigenvalue weighted by atomic mass is 35.5. The minimum atomic E-state index is -3.54. The van der Waals surface area contributed by atoms with Gasteiger partial charge in [-0.1, -0.05) is 41.9 Å². The van der Waals surface area contributed by atoms with Crippen LogP contribution in [0, 0.1) is 0 Å². The van der Waals surface area contributed by atoms with E-state index in [9.17, 15) is 8.42 Å². The summed E-state index contributed by atoms with van der Waals surface area (Å²) in [6.45, 7) is 0.141. The van der Waals surface area contributed by atoms with Gasteiger partial charge in [-0.15, -0.1) is 11.3 Å². The molecule has 1 unspecified atom stereocenters. The summed E-state index contributed by atoms with van der Waals surface area (Å²) in [4.78, 5) is 0. The molecule has 0 radical (unpaired) electrons. The predicted octanol–water partition coefficient (Wildman–Crippen LogP) is 2.38. The van der Waals surface area contributed by atoms with Crippen molar-refractivity contribution >= 4 is 33.0 Å². The van der Waals surface area contributed by atoms with Gasteiger partial charge in [0.05, 0.1) is 4.34 Å². The normalized spacial score (nSPS) is 13.4. The number of rotatable bonds is 5. The Balaban J connectivity index is 2.03. The molecule has 0 aliphatic heterocycles. The summed E-state index contributed by atoms with van der Waals surface area (Å²) in [5.74, 6) is 0. The molecule has 0 aliphatic carbocycles. The van der Waals surface area contributed by atoms with Crippen LogP contribution < -0.4 is 10.5 Å². The van der Waals surface area contributed by atoms with Crippen molar-refractivity contribution in [2.24, 2.45) is 5.73 Å². The molecule has 0 fully saturated rings. The number of nitrogens with one attached hydrogen (secondary N) is 1. The largest absolute Gasteiger partial charge is 0.323 e. The highest BCUT2D eigenvalue weighted by molar-refractivity contribution is 7.91. The van der Waals surface area contributed by atoms with E-state index in [2.05, 4.69) is 4.72 Å². The van der Waals surface area contributed by atoms with Crippen molar-refractivity contribution in [2.75, 3.05) is 6.54 Å². The van der Waals surface area contributed by atoms with Crippen molar-refractivity contribution < 1.29 is 8.42 Å². The van der Waals surface area contributed by atoms with E-state index in [4.69, 9.17) is 17.3 Å². The second kappa shape index (κ2) is 6.02. The molecule has 4 nitrogen and oxygen atoms in total. The molecular formula is C12H13ClN2O2S2. The number of benzene rings is 1. The molecule has 1 heterocycles. The van der Waals surface area contributed by atoms with Crippen molar-refractivity contribution in [3.8, 4) is 0 Å². The zero-order valence-corrected chi connectivity index (χ0v) is 12.3. The van der Waals surface area contributed by atoms with Crippen LogP contribution in [0.2, 0.25) is 4.34 Å². The fourth-order valence-electron chi connectivity index (χ4n) is 1.53. The lowest BCUT2D eigenvalue weighted by molar-refractivity contribution is 0.574. The lowest BCUT2D eigenvalue weighted by Crippen LogP contribution is -2.31.